The summed E-state index contributed by atoms with van der Waals surface area (Å²) in [4.78, 5) is 12.8. The van der Waals surface area contributed by atoms with Gasteiger partial charge in [-0.3, -0.25) is 9.48 Å². The van der Waals surface area contributed by atoms with E-state index in [4.69, 9.17) is 0 Å². The second kappa shape index (κ2) is 6.52. The lowest BCUT2D eigenvalue weighted by Crippen LogP contribution is -2.29. The van der Waals surface area contributed by atoms with Crippen LogP contribution in [0.4, 0.5) is 0 Å². The third-order valence-electron chi connectivity index (χ3n) is 5.22. The first-order valence-corrected chi connectivity index (χ1v) is 9.73. The van der Waals surface area contributed by atoms with Gasteiger partial charge < -0.3 is 5.32 Å². The lowest BCUT2D eigenvalue weighted by Gasteiger charge is -2.22. The van der Waals surface area contributed by atoms with Crippen LogP contribution in [0, 0.1) is 0 Å². The Bertz CT molecular complexity index is 992. The Morgan fingerprint density at radius 3 is 2.48 bits per heavy atom. The van der Waals surface area contributed by atoms with Crippen molar-refractivity contribution in [1.29, 1.82) is 0 Å². The maximum absolute atomic E-state index is 12.8. The van der Waals surface area contributed by atoms with E-state index in [-0.39, 0.29) is 17.5 Å². The first-order valence-electron chi connectivity index (χ1n) is 9.73. The second-order valence-corrected chi connectivity index (χ2v) is 8.61. The Morgan fingerprint density at radius 1 is 1.11 bits per heavy atom. The van der Waals surface area contributed by atoms with Crippen LogP contribution < -0.4 is 5.32 Å². The summed E-state index contributed by atoms with van der Waals surface area (Å²) in [5.41, 5.74) is 2.67. The molecule has 4 rings (SSSR count). The van der Waals surface area contributed by atoms with Crippen LogP contribution in [-0.2, 0) is 5.54 Å². The number of benzene rings is 2. The number of fused-ring (bicyclic) bond motifs is 1. The van der Waals surface area contributed by atoms with Crippen molar-refractivity contribution in [1.82, 2.24) is 15.1 Å². The molecule has 1 aliphatic rings. The molecule has 27 heavy (non-hydrogen) atoms. The Balaban J connectivity index is 1.56. The zero-order valence-corrected chi connectivity index (χ0v) is 16.5. The van der Waals surface area contributed by atoms with E-state index in [1.54, 1.807) is 0 Å². The first kappa shape index (κ1) is 17.8. The van der Waals surface area contributed by atoms with Crippen LogP contribution in [0.2, 0.25) is 0 Å². The van der Waals surface area contributed by atoms with Gasteiger partial charge in [-0.15, -0.1) is 0 Å². The molecule has 1 amide bonds. The normalized spacial score (nSPS) is 15.7. The van der Waals surface area contributed by atoms with Crippen molar-refractivity contribution < 1.29 is 4.79 Å². The summed E-state index contributed by atoms with van der Waals surface area (Å²) in [6.45, 7) is 8.41. The average Bonchev–Trinajstić information content (AvgIpc) is 3.37. The van der Waals surface area contributed by atoms with Gasteiger partial charge >= 0.3 is 0 Å². The number of aromatic nitrogens is 2. The summed E-state index contributed by atoms with van der Waals surface area (Å²) in [6.07, 6.45) is 2.38. The minimum atomic E-state index is -0.125. The maximum atomic E-state index is 12.8. The maximum Gasteiger partial charge on any atom is 0.272 e. The molecule has 1 atom stereocenters. The molecule has 0 spiro atoms. The van der Waals surface area contributed by atoms with Crippen LogP contribution in [0.5, 0.6) is 0 Å². The highest BCUT2D eigenvalue weighted by Crippen LogP contribution is 2.41. The average molecular weight is 361 g/mol. The standard InChI is InChI=1S/C23H27N3O/c1-15(18-12-9-16-7-5-6-8-19(16)13-18)24-22(27)20-14-21(17-10-11-17)26(25-20)23(2,3)4/h5-9,12-15,17H,10-11H2,1-4H3,(H,24,27). The van der Waals surface area contributed by atoms with Gasteiger partial charge in [0.1, 0.15) is 5.69 Å². The number of carbonyl (C=O) groups is 1. The molecule has 1 saturated carbocycles. The molecule has 3 aromatic rings. The molecule has 2 aromatic carbocycles. The van der Waals surface area contributed by atoms with Gasteiger partial charge in [0.15, 0.2) is 0 Å². The molecule has 1 N–H and O–H groups in total. The molecule has 1 aromatic heterocycles. The molecule has 0 radical (unpaired) electrons. The molecule has 140 valence electrons. The zero-order chi connectivity index (χ0) is 19.2. The first-order chi connectivity index (χ1) is 12.8. The summed E-state index contributed by atoms with van der Waals surface area (Å²) in [7, 11) is 0. The van der Waals surface area contributed by atoms with E-state index in [0.717, 1.165) is 5.56 Å². The molecule has 1 unspecified atom stereocenters. The molecular formula is C23H27N3O. The minimum absolute atomic E-state index is 0.0775. The van der Waals surface area contributed by atoms with Crippen molar-refractivity contribution in [3.63, 3.8) is 0 Å². The number of rotatable bonds is 4. The van der Waals surface area contributed by atoms with E-state index in [0.29, 0.717) is 11.6 Å². The molecule has 1 heterocycles. The van der Waals surface area contributed by atoms with E-state index >= 15 is 0 Å². The number of amides is 1. The highest BCUT2D eigenvalue weighted by molar-refractivity contribution is 5.93. The molecule has 0 aliphatic heterocycles. The van der Waals surface area contributed by atoms with Crippen LogP contribution in [0.15, 0.2) is 48.5 Å². The van der Waals surface area contributed by atoms with Crippen LogP contribution in [0.1, 0.15) is 74.2 Å². The van der Waals surface area contributed by atoms with Gasteiger partial charge in [0.05, 0.1) is 11.6 Å². The fraction of sp³-hybridized carbons (Fsp3) is 0.391. The number of hydrogen-bond acceptors (Lipinski definition) is 2. The van der Waals surface area contributed by atoms with Gasteiger partial charge in [-0.1, -0.05) is 36.4 Å². The SMILES string of the molecule is CC(NC(=O)c1cc(C2CC2)n(C(C)(C)C)n1)c1ccc2ccccc2c1. The van der Waals surface area contributed by atoms with Crippen LogP contribution >= 0.6 is 0 Å². The molecule has 1 aliphatic carbocycles. The Kier molecular flexibility index (Phi) is 4.29. The largest absolute Gasteiger partial charge is 0.344 e. The summed E-state index contributed by atoms with van der Waals surface area (Å²) in [5.74, 6) is 0.441. The molecular weight excluding hydrogens is 334 g/mol. The smallest absolute Gasteiger partial charge is 0.272 e. The number of nitrogens with one attached hydrogen (secondary N) is 1. The topological polar surface area (TPSA) is 46.9 Å². The third kappa shape index (κ3) is 3.61. The van der Waals surface area contributed by atoms with E-state index < -0.39 is 0 Å². The fourth-order valence-corrected chi connectivity index (χ4v) is 3.54. The van der Waals surface area contributed by atoms with Gasteiger partial charge in [0.2, 0.25) is 0 Å². The lowest BCUT2D eigenvalue weighted by molar-refractivity contribution is 0.0933. The van der Waals surface area contributed by atoms with E-state index in [9.17, 15) is 4.79 Å². The number of hydrogen-bond donors (Lipinski definition) is 1. The monoisotopic (exact) mass is 361 g/mol. The lowest BCUT2D eigenvalue weighted by atomic mass is 10.0. The molecule has 4 heteroatoms. The fourth-order valence-electron chi connectivity index (χ4n) is 3.54. The molecule has 1 fully saturated rings. The Labute approximate surface area is 160 Å². The summed E-state index contributed by atoms with van der Waals surface area (Å²) >= 11 is 0. The Hall–Kier alpha value is -2.62. The van der Waals surface area contributed by atoms with Gasteiger partial charge in [-0.05, 0) is 69.0 Å². The van der Waals surface area contributed by atoms with Gasteiger partial charge in [0.25, 0.3) is 5.91 Å². The summed E-state index contributed by atoms with van der Waals surface area (Å²) < 4.78 is 2.03. The van der Waals surface area contributed by atoms with E-state index in [1.807, 2.05) is 29.8 Å². The highest BCUT2D eigenvalue weighted by Gasteiger charge is 2.32. The quantitative estimate of drug-likeness (QED) is 0.698. The van der Waals surface area contributed by atoms with Crippen molar-refractivity contribution >= 4 is 16.7 Å². The highest BCUT2D eigenvalue weighted by atomic mass is 16.2. The Morgan fingerprint density at radius 2 is 1.81 bits per heavy atom. The summed E-state index contributed by atoms with van der Waals surface area (Å²) in [6, 6.07) is 16.5. The van der Waals surface area contributed by atoms with Crippen molar-refractivity contribution in [3.8, 4) is 0 Å². The van der Waals surface area contributed by atoms with Gasteiger partial charge in [0, 0.05) is 11.6 Å². The van der Waals surface area contributed by atoms with E-state index in [1.165, 1.54) is 29.3 Å². The van der Waals surface area contributed by atoms with E-state index in [2.05, 4.69) is 61.5 Å². The minimum Gasteiger partial charge on any atom is -0.344 e. The number of carbonyl (C=O) groups excluding carboxylic acids is 1. The predicted molar refractivity (Wildman–Crippen MR) is 109 cm³/mol. The van der Waals surface area contributed by atoms with Gasteiger partial charge in [-0.25, -0.2) is 0 Å². The van der Waals surface area contributed by atoms with Gasteiger partial charge in [-0.2, -0.15) is 5.10 Å². The second-order valence-electron chi connectivity index (χ2n) is 8.61. The zero-order valence-electron chi connectivity index (χ0n) is 16.5. The number of nitrogens with zero attached hydrogens (tertiary/aromatic N) is 2. The van der Waals surface area contributed by atoms with Crippen molar-refractivity contribution in [2.45, 2.75) is 58.0 Å². The van der Waals surface area contributed by atoms with Crippen LogP contribution in [-0.4, -0.2) is 15.7 Å². The predicted octanol–water partition coefficient (Wildman–Crippen LogP) is 5.16. The third-order valence-corrected chi connectivity index (χ3v) is 5.22. The summed E-state index contributed by atoms with van der Waals surface area (Å²) in [5, 5.41) is 10.1. The van der Waals surface area contributed by atoms with Crippen molar-refractivity contribution in [2.75, 3.05) is 0 Å². The molecule has 0 bridgehead atoms. The molecule has 4 nitrogen and oxygen atoms in total. The van der Waals surface area contributed by atoms with Crippen molar-refractivity contribution in [3.05, 3.63) is 65.5 Å². The van der Waals surface area contributed by atoms with Crippen molar-refractivity contribution in [2.24, 2.45) is 0 Å². The van der Waals surface area contributed by atoms with Crippen LogP contribution in [0.3, 0.4) is 0 Å². The van der Waals surface area contributed by atoms with Crippen LogP contribution in [0.25, 0.3) is 10.8 Å². The molecule has 0 saturated heterocycles.